The van der Waals surface area contributed by atoms with Crippen LogP contribution in [0.1, 0.15) is 45.4 Å². The highest BCUT2D eigenvalue weighted by atomic mass is 16.4. The zero-order chi connectivity index (χ0) is 13.3. The number of allylic oxidation sites excluding steroid dienone is 1. The van der Waals surface area contributed by atoms with E-state index in [2.05, 4.69) is 6.58 Å². The third-order valence-corrected chi connectivity index (χ3v) is 3.01. The standard InChI is InChI=1S/C13H22O4/c1-3-11(10(2)13(16)17)8-6-4-5-7-9-12(14)15/h3,10-11H,1,4-9H2,2H3,(H,14,15)(H,16,17). The van der Waals surface area contributed by atoms with Crippen LogP contribution in [0.2, 0.25) is 0 Å². The molecule has 0 radical (unpaired) electrons. The van der Waals surface area contributed by atoms with Crippen LogP contribution in [0.15, 0.2) is 12.7 Å². The Morgan fingerprint density at radius 2 is 1.76 bits per heavy atom. The van der Waals surface area contributed by atoms with Crippen molar-refractivity contribution in [3.05, 3.63) is 12.7 Å². The summed E-state index contributed by atoms with van der Waals surface area (Å²) in [5.74, 6) is -1.94. The highest BCUT2D eigenvalue weighted by Gasteiger charge is 2.19. The summed E-state index contributed by atoms with van der Waals surface area (Å²) in [6.45, 7) is 5.36. The molecule has 4 nitrogen and oxygen atoms in total. The molecule has 0 saturated carbocycles. The van der Waals surface area contributed by atoms with Gasteiger partial charge in [-0.1, -0.05) is 32.3 Å². The van der Waals surface area contributed by atoms with E-state index in [1.165, 1.54) is 0 Å². The molecule has 0 aliphatic carbocycles. The first-order valence-electron chi connectivity index (χ1n) is 6.06. The van der Waals surface area contributed by atoms with E-state index in [9.17, 15) is 9.59 Å². The van der Waals surface area contributed by atoms with E-state index in [-0.39, 0.29) is 12.3 Å². The van der Waals surface area contributed by atoms with Crippen LogP contribution in [-0.2, 0) is 9.59 Å². The summed E-state index contributed by atoms with van der Waals surface area (Å²) in [7, 11) is 0. The van der Waals surface area contributed by atoms with Crippen molar-refractivity contribution in [3.63, 3.8) is 0 Å². The van der Waals surface area contributed by atoms with Gasteiger partial charge in [-0.15, -0.1) is 6.58 Å². The van der Waals surface area contributed by atoms with Gasteiger partial charge in [-0.2, -0.15) is 0 Å². The molecule has 0 aromatic heterocycles. The second kappa shape index (κ2) is 8.79. The van der Waals surface area contributed by atoms with Gasteiger partial charge in [0.25, 0.3) is 0 Å². The lowest BCUT2D eigenvalue weighted by Gasteiger charge is -2.16. The highest BCUT2D eigenvalue weighted by Crippen LogP contribution is 2.20. The van der Waals surface area contributed by atoms with Crippen LogP contribution in [0, 0.1) is 11.8 Å². The van der Waals surface area contributed by atoms with E-state index in [1.807, 2.05) is 0 Å². The fraction of sp³-hybridized carbons (Fsp3) is 0.692. The van der Waals surface area contributed by atoms with E-state index >= 15 is 0 Å². The monoisotopic (exact) mass is 242 g/mol. The molecule has 4 heteroatoms. The lowest BCUT2D eigenvalue weighted by atomic mass is 9.89. The van der Waals surface area contributed by atoms with Crippen LogP contribution in [0.5, 0.6) is 0 Å². The summed E-state index contributed by atoms with van der Waals surface area (Å²) in [4.78, 5) is 21.1. The van der Waals surface area contributed by atoms with Crippen molar-refractivity contribution in [2.24, 2.45) is 11.8 Å². The molecule has 17 heavy (non-hydrogen) atoms. The van der Waals surface area contributed by atoms with Gasteiger partial charge in [0.05, 0.1) is 5.92 Å². The summed E-state index contributed by atoms with van der Waals surface area (Å²) in [5, 5.41) is 17.3. The first kappa shape index (κ1) is 15.7. The number of carbonyl (C=O) groups is 2. The molecule has 2 N–H and O–H groups in total. The molecule has 0 bridgehead atoms. The van der Waals surface area contributed by atoms with Crippen molar-refractivity contribution < 1.29 is 19.8 Å². The van der Waals surface area contributed by atoms with Gasteiger partial charge in [-0.05, 0) is 18.8 Å². The van der Waals surface area contributed by atoms with E-state index in [4.69, 9.17) is 10.2 Å². The summed E-state index contributed by atoms with van der Waals surface area (Å²) in [5.41, 5.74) is 0. The molecule has 0 saturated heterocycles. The van der Waals surface area contributed by atoms with Crippen molar-refractivity contribution in [3.8, 4) is 0 Å². The Bertz CT molecular complexity index is 260. The number of hydrogen-bond donors (Lipinski definition) is 2. The first-order valence-corrected chi connectivity index (χ1v) is 6.06. The fourth-order valence-electron chi connectivity index (χ4n) is 1.76. The van der Waals surface area contributed by atoms with Gasteiger partial charge in [-0.3, -0.25) is 9.59 Å². The second-order valence-electron chi connectivity index (χ2n) is 4.37. The molecule has 0 aliphatic rings. The smallest absolute Gasteiger partial charge is 0.306 e. The number of aliphatic carboxylic acids is 2. The number of unbranched alkanes of at least 4 members (excludes halogenated alkanes) is 3. The number of carboxylic acid groups (broad SMARTS) is 2. The predicted octanol–water partition coefficient (Wildman–Crippen LogP) is 2.93. The van der Waals surface area contributed by atoms with E-state index < -0.39 is 17.9 Å². The Morgan fingerprint density at radius 1 is 1.18 bits per heavy atom. The van der Waals surface area contributed by atoms with Gasteiger partial charge < -0.3 is 10.2 Å². The number of carboxylic acids is 2. The minimum absolute atomic E-state index is 0.00646. The Balaban J connectivity index is 3.67. The molecule has 0 fully saturated rings. The number of rotatable bonds is 10. The quantitative estimate of drug-likeness (QED) is 0.456. The molecule has 2 atom stereocenters. The average molecular weight is 242 g/mol. The molecule has 0 amide bonds. The topological polar surface area (TPSA) is 74.6 Å². The fourth-order valence-corrected chi connectivity index (χ4v) is 1.76. The van der Waals surface area contributed by atoms with E-state index in [1.54, 1.807) is 13.0 Å². The van der Waals surface area contributed by atoms with Crippen LogP contribution in [0.3, 0.4) is 0 Å². The van der Waals surface area contributed by atoms with E-state index in [0.29, 0.717) is 6.42 Å². The minimum Gasteiger partial charge on any atom is -0.481 e. The maximum Gasteiger partial charge on any atom is 0.306 e. The Morgan fingerprint density at radius 3 is 2.24 bits per heavy atom. The third-order valence-electron chi connectivity index (χ3n) is 3.01. The Labute approximate surface area is 102 Å². The van der Waals surface area contributed by atoms with Crippen molar-refractivity contribution in [1.82, 2.24) is 0 Å². The number of hydrogen-bond acceptors (Lipinski definition) is 2. The van der Waals surface area contributed by atoms with Crippen LogP contribution in [0.4, 0.5) is 0 Å². The zero-order valence-corrected chi connectivity index (χ0v) is 10.4. The molecular formula is C13H22O4. The minimum atomic E-state index is -0.791. The molecule has 0 aromatic carbocycles. The molecule has 0 aliphatic heterocycles. The molecule has 0 aromatic rings. The van der Waals surface area contributed by atoms with Crippen molar-refractivity contribution in [2.45, 2.75) is 45.4 Å². The zero-order valence-electron chi connectivity index (χ0n) is 10.4. The maximum atomic E-state index is 10.8. The largest absolute Gasteiger partial charge is 0.481 e. The van der Waals surface area contributed by atoms with Gasteiger partial charge in [0.2, 0.25) is 0 Å². The van der Waals surface area contributed by atoms with Gasteiger partial charge in [-0.25, -0.2) is 0 Å². The summed E-state index contributed by atoms with van der Waals surface area (Å²) in [6.07, 6.45) is 6.19. The van der Waals surface area contributed by atoms with Crippen LogP contribution in [-0.4, -0.2) is 22.2 Å². The van der Waals surface area contributed by atoms with Crippen LogP contribution in [0.25, 0.3) is 0 Å². The molecule has 0 rings (SSSR count). The third kappa shape index (κ3) is 7.55. The predicted molar refractivity (Wildman–Crippen MR) is 65.8 cm³/mol. The van der Waals surface area contributed by atoms with E-state index in [0.717, 1.165) is 25.7 Å². The van der Waals surface area contributed by atoms with Gasteiger partial charge >= 0.3 is 11.9 Å². The molecule has 98 valence electrons. The van der Waals surface area contributed by atoms with Gasteiger partial charge in [0.15, 0.2) is 0 Å². The van der Waals surface area contributed by atoms with Crippen LogP contribution >= 0.6 is 0 Å². The SMILES string of the molecule is C=CC(CCCCCCC(=O)O)C(C)C(=O)O. The first-order chi connectivity index (χ1) is 7.99. The lowest BCUT2D eigenvalue weighted by Crippen LogP contribution is -2.18. The normalized spacial score (nSPS) is 13.9. The Kier molecular flexibility index (Phi) is 8.11. The second-order valence-corrected chi connectivity index (χ2v) is 4.37. The molecule has 0 spiro atoms. The summed E-state index contributed by atoms with van der Waals surface area (Å²) in [6, 6.07) is 0. The molecule has 2 unspecified atom stereocenters. The van der Waals surface area contributed by atoms with Crippen LogP contribution < -0.4 is 0 Å². The average Bonchev–Trinajstić information content (AvgIpc) is 2.27. The lowest BCUT2D eigenvalue weighted by molar-refractivity contribution is -0.142. The maximum absolute atomic E-state index is 10.8. The summed E-state index contributed by atoms with van der Waals surface area (Å²) >= 11 is 0. The van der Waals surface area contributed by atoms with Gasteiger partial charge in [0, 0.05) is 6.42 Å². The summed E-state index contributed by atoms with van der Waals surface area (Å²) < 4.78 is 0. The van der Waals surface area contributed by atoms with Crippen molar-refractivity contribution >= 4 is 11.9 Å². The molecular weight excluding hydrogens is 220 g/mol. The van der Waals surface area contributed by atoms with Gasteiger partial charge in [0.1, 0.15) is 0 Å². The van der Waals surface area contributed by atoms with Crippen molar-refractivity contribution in [2.75, 3.05) is 0 Å². The molecule has 0 heterocycles. The van der Waals surface area contributed by atoms with Crippen molar-refractivity contribution in [1.29, 1.82) is 0 Å². The Hall–Kier alpha value is -1.32. The highest BCUT2D eigenvalue weighted by molar-refractivity contribution is 5.70.